The van der Waals surface area contributed by atoms with Crippen LogP contribution in [-0.2, 0) is 4.79 Å². The molecule has 0 saturated carbocycles. The predicted molar refractivity (Wildman–Crippen MR) is 43.9 cm³/mol. The molecule has 0 atom stereocenters. The zero-order valence-corrected chi connectivity index (χ0v) is 7.15. The fourth-order valence-corrected chi connectivity index (χ4v) is 1.19. The third-order valence-electron chi connectivity index (χ3n) is 1.76. The van der Waals surface area contributed by atoms with Gasteiger partial charge < -0.3 is 9.90 Å². The van der Waals surface area contributed by atoms with Gasteiger partial charge in [0.15, 0.2) is 6.17 Å². The van der Waals surface area contributed by atoms with Crippen molar-refractivity contribution in [3.05, 3.63) is 36.9 Å². The molecule has 2 rings (SSSR count). The highest BCUT2D eigenvalue weighted by Crippen LogP contribution is 2.05. The van der Waals surface area contributed by atoms with Crippen LogP contribution in [-0.4, -0.2) is 25.5 Å². The number of carbonyl (C=O) groups excluding carboxylic acids is 1. The molecule has 2 aromatic heterocycles. The second kappa shape index (κ2) is 3.33. The molecule has 0 saturated heterocycles. The lowest BCUT2D eigenvalue weighted by atomic mass is 10.5. The minimum Gasteiger partial charge on any atom is -0.546 e. The monoisotopic (exact) mass is 191 g/mol. The first kappa shape index (κ1) is 8.49. The summed E-state index contributed by atoms with van der Waals surface area (Å²) in [4.78, 5) is 10.9. The molecule has 0 aliphatic heterocycles. The number of carboxylic acids is 1. The number of carboxylic acid groups (broad SMARTS) is 1. The quantitative estimate of drug-likeness (QED) is 0.615. The second-order valence-corrected chi connectivity index (χ2v) is 2.66. The number of carbonyl (C=O) groups is 1. The van der Waals surface area contributed by atoms with Crippen molar-refractivity contribution < 1.29 is 9.90 Å². The third kappa shape index (κ3) is 1.37. The van der Waals surface area contributed by atoms with Gasteiger partial charge in [0.25, 0.3) is 0 Å². The van der Waals surface area contributed by atoms with E-state index in [1.807, 2.05) is 0 Å². The van der Waals surface area contributed by atoms with Gasteiger partial charge in [0.1, 0.15) is 0 Å². The van der Waals surface area contributed by atoms with Crippen LogP contribution in [0.25, 0.3) is 0 Å². The smallest absolute Gasteiger partial charge is 0.182 e. The summed E-state index contributed by atoms with van der Waals surface area (Å²) in [6.07, 6.45) is 5.06. The first-order valence-corrected chi connectivity index (χ1v) is 3.98. The summed E-state index contributed by atoms with van der Waals surface area (Å²) in [5, 5.41) is 18.5. The standard InChI is InChI=1S/C8H8N4O2/c13-8(14)7(11-5-1-3-9-11)12-6-2-4-10-12/h1-7H,(H,13,14)/p-1. The van der Waals surface area contributed by atoms with Crippen molar-refractivity contribution in [2.75, 3.05) is 0 Å². The SMILES string of the molecule is O=C([O-])C(n1cccn1)n1cccn1. The normalized spacial score (nSPS) is 10.6. The number of hydrogen-bond donors (Lipinski definition) is 0. The maximum absolute atomic E-state index is 10.9. The van der Waals surface area contributed by atoms with E-state index in [2.05, 4.69) is 10.2 Å². The van der Waals surface area contributed by atoms with Crippen molar-refractivity contribution in [2.45, 2.75) is 6.17 Å². The summed E-state index contributed by atoms with van der Waals surface area (Å²) in [5.74, 6) is -1.25. The zero-order valence-electron chi connectivity index (χ0n) is 7.15. The van der Waals surface area contributed by atoms with Crippen molar-refractivity contribution in [2.24, 2.45) is 0 Å². The lowest BCUT2D eigenvalue weighted by Crippen LogP contribution is -2.38. The average molecular weight is 191 g/mol. The topological polar surface area (TPSA) is 75.8 Å². The molecule has 0 radical (unpaired) electrons. The zero-order chi connectivity index (χ0) is 9.97. The molecule has 0 unspecified atom stereocenters. The van der Waals surface area contributed by atoms with Crippen molar-refractivity contribution in [1.29, 1.82) is 0 Å². The number of hydrogen-bond acceptors (Lipinski definition) is 4. The molecule has 6 heteroatoms. The average Bonchev–Trinajstić information content (AvgIpc) is 2.75. The molecule has 0 aliphatic carbocycles. The molecule has 0 bridgehead atoms. The molecule has 6 nitrogen and oxygen atoms in total. The van der Waals surface area contributed by atoms with Gasteiger partial charge in [-0.1, -0.05) is 0 Å². The van der Waals surface area contributed by atoms with Crippen molar-refractivity contribution in [3.8, 4) is 0 Å². The predicted octanol–water partition coefficient (Wildman–Crippen LogP) is -1.12. The van der Waals surface area contributed by atoms with Crippen LogP contribution in [0, 0.1) is 0 Å². The number of aromatic nitrogens is 4. The van der Waals surface area contributed by atoms with Crippen molar-refractivity contribution in [3.63, 3.8) is 0 Å². The fourth-order valence-electron chi connectivity index (χ4n) is 1.19. The molecule has 0 fully saturated rings. The Morgan fingerprint density at radius 3 is 1.93 bits per heavy atom. The molecule has 0 aliphatic rings. The molecular weight excluding hydrogens is 184 g/mol. The maximum Gasteiger partial charge on any atom is 0.182 e. The van der Waals surface area contributed by atoms with Gasteiger partial charge in [-0.3, -0.25) is 0 Å². The minimum absolute atomic E-state index is 1.03. The van der Waals surface area contributed by atoms with E-state index < -0.39 is 12.1 Å². The molecular formula is C8H7N4O2-. The highest BCUT2D eigenvalue weighted by molar-refractivity contribution is 5.69. The summed E-state index contributed by atoms with van der Waals surface area (Å²) in [7, 11) is 0. The number of rotatable bonds is 3. The summed E-state index contributed by atoms with van der Waals surface area (Å²) in [5.41, 5.74) is 0. The Kier molecular flexibility index (Phi) is 2.02. The van der Waals surface area contributed by atoms with Crippen molar-refractivity contribution in [1.82, 2.24) is 19.6 Å². The van der Waals surface area contributed by atoms with E-state index in [1.165, 1.54) is 21.8 Å². The molecule has 72 valence electrons. The van der Waals surface area contributed by atoms with Gasteiger partial charge >= 0.3 is 0 Å². The molecule has 14 heavy (non-hydrogen) atoms. The Bertz CT molecular complexity index is 372. The van der Waals surface area contributed by atoms with Gasteiger partial charge in [-0.25, -0.2) is 9.36 Å². The van der Waals surface area contributed by atoms with Crippen LogP contribution in [0.3, 0.4) is 0 Å². The highest BCUT2D eigenvalue weighted by atomic mass is 16.4. The highest BCUT2D eigenvalue weighted by Gasteiger charge is 2.13. The van der Waals surface area contributed by atoms with E-state index in [1.54, 1.807) is 24.5 Å². The molecule has 0 amide bonds. The lowest BCUT2D eigenvalue weighted by Gasteiger charge is -2.18. The molecule has 0 N–H and O–H groups in total. The van der Waals surface area contributed by atoms with Crippen LogP contribution in [0.2, 0.25) is 0 Å². The molecule has 2 aromatic rings. The van der Waals surface area contributed by atoms with Crippen molar-refractivity contribution >= 4 is 5.97 Å². The van der Waals surface area contributed by atoms with Gasteiger partial charge in [0.05, 0.1) is 5.97 Å². The van der Waals surface area contributed by atoms with Crippen LogP contribution in [0.4, 0.5) is 0 Å². The summed E-state index contributed by atoms with van der Waals surface area (Å²) in [6, 6.07) is 3.28. The van der Waals surface area contributed by atoms with Crippen LogP contribution < -0.4 is 5.11 Å². The lowest BCUT2D eigenvalue weighted by molar-refractivity contribution is -0.312. The Hall–Kier alpha value is -2.11. The van der Waals surface area contributed by atoms with Crippen LogP contribution in [0.5, 0.6) is 0 Å². The van der Waals surface area contributed by atoms with E-state index in [9.17, 15) is 9.90 Å². The Balaban J connectivity index is 2.40. The summed E-state index contributed by atoms with van der Waals surface area (Å²) >= 11 is 0. The first-order chi connectivity index (χ1) is 6.79. The van der Waals surface area contributed by atoms with Gasteiger partial charge in [0.2, 0.25) is 0 Å². The Morgan fingerprint density at radius 2 is 1.64 bits per heavy atom. The molecule has 0 spiro atoms. The first-order valence-electron chi connectivity index (χ1n) is 3.98. The molecule has 2 heterocycles. The van der Waals surface area contributed by atoms with Gasteiger partial charge in [-0.2, -0.15) is 10.2 Å². The second-order valence-electron chi connectivity index (χ2n) is 2.66. The maximum atomic E-state index is 10.9. The van der Waals surface area contributed by atoms with Crippen LogP contribution >= 0.6 is 0 Å². The minimum atomic E-state index is -1.25. The summed E-state index contributed by atoms with van der Waals surface area (Å²) in [6.45, 7) is 0. The van der Waals surface area contributed by atoms with E-state index in [4.69, 9.17) is 0 Å². The largest absolute Gasteiger partial charge is 0.546 e. The number of nitrogens with zero attached hydrogens (tertiary/aromatic N) is 4. The Labute approximate surface area is 79.4 Å². The molecule has 0 aromatic carbocycles. The van der Waals surface area contributed by atoms with E-state index in [0.717, 1.165) is 0 Å². The fraction of sp³-hybridized carbons (Fsp3) is 0.125. The van der Waals surface area contributed by atoms with Crippen LogP contribution in [0.1, 0.15) is 6.17 Å². The van der Waals surface area contributed by atoms with Gasteiger partial charge in [-0.15, -0.1) is 0 Å². The number of aliphatic carboxylic acids is 1. The summed E-state index contributed by atoms with van der Waals surface area (Å²) < 4.78 is 2.53. The third-order valence-corrected chi connectivity index (χ3v) is 1.76. The van der Waals surface area contributed by atoms with Gasteiger partial charge in [0, 0.05) is 24.8 Å². The van der Waals surface area contributed by atoms with E-state index in [-0.39, 0.29) is 0 Å². The van der Waals surface area contributed by atoms with Crippen LogP contribution in [0.15, 0.2) is 36.9 Å². The Morgan fingerprint density at radius 1 is 1.14 bits per heavy atom. The van der Waals surface area contributed by atoms with E-state index >= 15 is 0 Å². The van der Waals surface area contributed by atoms with E-state index in [0.29, 0.717) is 0 Å². The van der Waals surface area contributed by atoms with Gasteiger partial charge in [-0.05, 0) is 12.1 Å².